The third-order valence-electron chi connectivity index (χ3n) is 6.99. The molecule has 1 unspecified atom stereocenters. The minimum absolute atomic E-state index is 0.0477. The molecule has 1 atom stereocenters. The first-order valence-corrected chi connectivity index (χ1v) is 13.4. The fourth-order valence-electron chi connectivity index (χ4n) is 5.22. The molecule has 1 aliphatic heterocycles. The molecule has 2 aromatic carbocycles. The zero-order chi connectivity index (χ0) is 26.4. The first-order chi connectivity index (χ1) is 18.5. The van der Waals surface area contributed by atoms with Crippen LogP contribution in [0, 0.1) is 0 Å². The molecule has 3 aromatic heterocycles. The van der Waals surface area contributed by atoms with Crippen molar-refractivity contribution in [2.24, 2.45) is 0 Å². The number of nitrogens with zero attached hydrogens (tertiary/aromatic N) is 4. The third-order valence-corrected chi connectivity index (χ3v) is 8.24. The van der Waals surface area contributed by atoms with Crippen LogP contribution in [-0.4, -0.2) is 50.0 Å². The molecule has 0 saturated heterocycles. The predicted molar refractivity (Wildman–Crippen MR) is 149 cm³/mol. The standard InChI is InChI=1S/C30H26N4O3S/c1-32(2)30(37)34-24-12-6-5-11-22(24)26(27(34)21-10-4-3-8-20(21)17-35)28(36)23-13-15-33-25(23)18-38-29(33)19-9-7-14-31-16-19/h3-16,29,35H,17-18H2,1-2H3. The Bertz CT molecular complexity index is 1690. The highest BCUT2D eigenvalue weighted by Gasteiger charge is 2.33. The molecular formula is C30H26N4O3S. The number of hydrogen-bond donors (Lipinski definition) is 1. The van der Waals surface area contributed by atoms with E-state index in [1.54, 1.807) is 36.6 Å². The van der Waals surface area contributed by atoms with Crippen LogP contribution < -0.4 is 0 Å². The molecule has 0 bridgehead atoms. The summed E-state index contributed by atoms with van der Waals surface area (Å²) in [7, 11) is 3.38. The maximum Gasteiger partial charge on any atom is 0.328 e. The molecule has 1 aliphatic rings. The molecule has 4 heterocycles. The highest BCUT2D eigenvalue weighted by molar-refractivity contribution is 7.99. The van der Waals surface area contributed by atoms with E-state index in [0.717, 1.165) is 11.3 Å². The summed E-state index contributed by atoms with van der Waals surface area (Å²) in [5.74, 6) is 0.543. The summed E-state index contributed by atoms with van der Waals surface area (Å²) in [5, 5.41) is 10.9. The van der Waals surface area contributed by atoms with Crippen molar-refractivity contribution in [3.63, 3.8) is 0 Å². The first kappa shape index (κ1) is 24.2. The number of thioether (sulfide) groups is 1. The van der Waals surface area contributed by atoms with Gasteiger partial charge >= 0.3 is 6.03 Å². The number of carbonyl (C=O) groups is 2. The maximum atomic E-state index is 14.5. The quantitative estimate of drug-likeness (QED) is 0.306. The molecule has 6 rings (SSSR count). The second kappa shape index (κ2) is 9.63. The van der Waals surface area contributed by atoms with Crippen molar-refractivity contribution >= 4 is 34.5 Å². The lowest BCUT2D eigenvalue weighted by atomic mass is 9.95. The molecule has 7 nitrogen and oxygen atoms in total. The fraction of sp³-hybridized carbons (Fsp3) is 0.167. The molecule has 8 heteroatoms. The second-order valence-electron chi connectivity index (χ2n) is 9.43. The van der Waals surface area contributed by atoms with Crippen LogP contribution in [0.5, 0.6) is 0 Å². The van der Waals surface area contributed by atoms with Gasteiger partial charge in [0.1, 0.15) is 5.37 Å². The molecular weight excluding hydrogens is 496 g/mol. The number of hydrogen-bond acceptors (Lipinski definition) is 5. The van der Waals surface area contributed by atoms with E-state index in [2.05, 4.69) is 9.55 Å². The normalized spacial score (nSPS) is 14.6. The van der Waals surface area contributed by atoms with Crippen molar-refractivity contribution in [2.75, 3.05) is 14.1 Å². The van der Waals surface area contributed by atoms with Gasteiger partial charge in [-0.2, -0.15) is 0 Å². The molecule has 5 aromatic rings. The van der Waals surface area contributed by atoms with Crippen LogP contribution in [-0.2, 0) is 12.4 Å². The van der Waals surface area contributed by atoms with Gasteiger partial charge in [-0.3, -0.25) is 14.3 Å². The molecule has 0 saturated carbocycles. The van der Waals surface area contributed by atoms with Crippen LogP contribution in [0.4, 0.5) is 4.79 Å². The number of amides is 1. The van der Waals surface area contributed by atoms with Crippen molar-refractivity contribution in [2.45, 2.75) is 17.7 Å². The zero-order valence-corrected chi connectivity index (χ0v) is 21.9. The molecule has 0 fully saturated rings. The van der Waals surface area contributed by atoms with Crippen LogP contribution in [0.1, 0.15) is 38.1 Å². The van der Waals surface area contributed by atoms with Gasteiger partial charge in [0.15, 0.2) is 5.78 Å². The lowest BCUT2D eigenvalue weighted by Crippen LogP contribution is -2.28. The predicted octanol–water partition coefficient (Wildman–Crippen LogP) is 5.55. The molecule has 1 N–H and O–H groups in total. The van der Waals surface area contributed by atoms with Crippen LogP contribution in [0.25, 0.3) is 22.2 Å². The maximum absolute atomic E-state index is 14.5. The number of pyridine rings is 1. The van der Waals surface area contributed by atoms with Gasteiger partial charge in [0, 0.05) is 66.2 Å². The Morgan fingerprint density at radius 3 is 2.61 bits per heavy atom. The Morgan fingerprint density at radius 1 is 1.05 bits per heavy atom. The number of carbonyl (C=O) groups excluding carboxylic acids is 2. The lowest BCUT2D eigenvalue weighted by Gasteiger charge is -2.17. The van der Waals surface area contributed by atoms with Gasteiger partial charge in [0.25, 0.3) is 0 Å². The molecule has 1 amide bonds. The summed E-state index contributed by atoms with van der Waals surface area (Å²) in [4.78, 5) is 33.8. The van der Waals surface area contributed by atoms with Crippen molar-refractivity contribution in [1.82, 2.24) is 19.0 Å². The molecule has 0 radical (unpaired) electrons. The Labute approximate surface area is 224 Å². The fourth-order valence-corrected chi connectivity index (χ4v) is 6.53. The van der Waals surface area contributed by atoms with E-state index in [1.807, 2.05) is 79.1 Å². The third kappa shape index (κ3) is 3.76. The number of aliphatic hydroxyl groups excluding tert-OH is 1. The van der Waals surface area contributed by atoms with Gasteiger partial charge in [-0.1, -0.05) is 48.5 Å². The number of fused-ring (bicyclic) bond motifs is 2. The number of aromatic nitrogens is 3. The molecule has 38 heavy (non-hydrogen) atoms. The number of ketones is 1. The Morgan fingerprint density at radius 2 is 1.84 bits per heavy atom. The Kier molecular flexibility index (Phi) is 6.13. The van der Waals surface area contributed by atoms with Crippen LogP contribution in [0.3, 0.4) is 0 Å². The van der Waals surface area contributed by atoms with Crippen molar-refractivity contribution in [3.05, 3.63) is 113 Å². The van der Waals surface area contributed by atoms with Crippen LogP contribution >= 0.6 is 11.8 Å². The minimum Gasteiger partial charge on any atom is -0.392 e. The minimum atomic E-state index is -0.266. The van der Waals surface area contributed by atoms with Gasteiger partial charge in [-0.15, -0.1) is 11.8 Å². The van der Waals surface area contributed by atoms with Gasteiger partial charge in [0.05, 0.1) is 23.4 Å². The largest absolute Gasteiger partial charge is 0.392 e. The molecule has 0 spiro atoms. The van der Waals surface area contributed by atoms with Gasteiger partial charge in [-0.25, -0.2) is 4.79 Å². The van der Waals surface area contributed by atoms with E-state index in [1.165, 1.54) is 4.90 Å². The Hall–Kier alpha value is -4.14. The Balaban J connectivity index is 1.59. The molecule has 0 aliphatic carbocycles. The smallest absolute Gasteiger partial charge is 0.328 e. The number of para-hydroxylation sites is 1. The summed E-state index contributed by atoms with van der Waals surface area (Å²) < 4.78 is 3.74. The average Bonchev–Trinajstić information content (AvgIpc) is 3.65. The van der Waals surface area contributed by atoms with E-state index >= 15 is 0 Å². The van der Waals surface area contributed by atoms with E-state index < -0.39 is 0 Å². The summed E-state index contributed by atoms with van der Waals surface area (Å²) in [6, 6.07) is 20.4. The van der Waals surface area contributed by atoms with Crippen molar-refractivity contribution in [1.29, 1.82) is 0 Å². The SMILES string of the molecule is CN(C)C(=O)n1c(-c2ccccc2CO)c(C(=O)c2ccn3c2CSC3c2cccnc2)c2ccccc21. The van der Waals surface area contributed by atoms with Gasteiger partial charge in [0.2, 0.25) is 0 Å². The van der Waals surface area contributed by atoms with E-state index in [4.69, 9.17) is 0 Å². The topological polar surface area (TPSA) is 80.4 Å². The summed E-state index contributed by atoms with van der Waals surface area (Å²) in [6.45, 7) is -0.216. The summed E-state index contributed by atoms with van der Waals surface area (Å²) in [5.41, 5.74) is 5.55. The van der Waals surface area contributed by atoms with E-state index in [9.17, 15) is 14.7 Å². The van der Waals surface area contributed by atoms with Crippen molar-refractivity contribution < 1.29 is 14.7 Å². The van der Waals surface area contributed by atoms with Gasteiger partial charge in [-0.05, 0) is 23.8 Å². The second-order valence-corrected chi connectivity index (χ2v) is 10.5. The monoisotopic (exact) mass is 522 g/mol. The zero-order valence-electron chi connectivity index (χ0n) is 21.0. The highest BCUT2D eigenvalue weighted by Crippen LogP contribution is 2.44. The summed E-state index contributed by atoms with van der Waals surface area (Å²) in [6.07, 6.45) is 5.58. The van der Waals surface area contributed by atoms with E-state index in [0.29, 0.717) is 44.6 Å². The number of benzene rings is 2. The van der Waals surface area contributed by atoms with Gasteiger partial charge < -0.3 is 14.6 Å². The first-order valence-electron chi connectivity index (χ1n) is 12.3. The number of rotatable bonds is 5. The summed E-state index contributed by atoms with van der Waals surface area (Å²) >= 11 is 1.75. The van der Waals surface area contributed by atoms with E-state index in [-0.39, 0.29) is 23.8 Å². The highest BCUT2D eigenvalue weighted by atomic mass is 32.2. The molecule has 190 valence electrons. The van der Waals surface area contributed by atoms with Crippen LogP contribution in [0.2, 0.25) is 0 Å². The average molecular weight is 523 g/mol. The van der Waals surface area contributed by atoms with Crippen molar-refractivity contribution in [3.8, 4) is 11.3 Å². The number of aliphatic hydroxyl groups is 1. The van der Waals surface area contributed by atoms with Crippen LogP contribution in [0.15, 0.2) is 85.3 Å². The lowest BCUT2D eigenvalue weighted by molar-refractivity contribution is 0.104.